The maximum atomic E-state index is 12.5. The predicted molar refractivity (Wildman–Crippen MR) is 53.5 cm³/mol. The second-order valence-corrected chi connectivity index (χ2v) is 3.18. The number of carbonyl (C=O) groups is 2. The van der Waals surface area contributed by atoms with Gasteiger partial charge in [0.15, 0.2) is 0 Å². The van der Waals surface area contributed by atoms with Gasteiger partial charge in [-0.15, -0.1) is 0 Å². The summed E-state index contributed by atoms with van der Waals surface area (Å²) >= 11 is 0. The summed E-state index contributed by atoms with van der Waals surface area (Å²) < 4.78 is 17.4. The normalized spacial score (nSPS) is 9.81. The van der Waals surface area contributed by atoms with Gasteiger partial charge in [-0.3, -0.25) is 9.59 Å². The molecular formula is C11H11FO4. The maximum Gasteiger partial charge on any atom is 0.311 e. The van der Waals surface area contributed by atoms with Crippen molar-refractivity contribution in [1.29, 1.82) is 0 Å². The fourth-order valence-electron chi connectivity index (χ4n) is 1.07. The number of carboxylic acid groups (broad SMARTS) is 1. The Bertz CT molecular complexity index is 372. The van der Waals surface area contributed by atoms with Crippen molar-refractivity contribution in [2.24, 2.45) is 0 Å². The molecule has 0 atom stereocenters. The Morgan fingerprint density at radius 1 is 1.19 bits per heavy atom. The molecule has 1 rings (SSSR count). The van der Waals surface area contributed by atoms with Gasteiger partial charge in [0, 0.05) is 12.8 Å². The van der Waals surface area contributed by atoms with Crippen molar-refractivity contribution < 1.29 is 23.8 Å². The Kier molecular flexibility index (Phi) is 4.44. The summed E-state index contributed by atoms with van der Waals surface area (Å²) in [5, 5.41) is 8.35. The van der Waals surface area contributed by atoms with E-state index in [4.69, 9.17) is 9.84 Å². The van der Waals surface area contributed by atoms with Crippen LogP contribution in [0.5, 0.6) is 5.75 Å². The van der Waals surface area contributed by atoms with Crippen molar-refractivity contribution in [1.82, 2.24) is 0 Å². The van der Waals surface area contributed by atoms with Gasteiger partial charge >= 0.3 is 11.9 Å². The molecule has 86 valence electrons. The first-order chi connectivity index (χ1) is 7.58. The Hall–Kier alpha value is -1.91. The van der Waals surface area contributed by atoms with Crippen LogP contribution in [0.4, 0.5) is 4.39 Å². The number of hydrogen-bond acceptors (Lipinski definition) is 3. The van der Waals surface area contributed by atoms with E-state index in [0.717, 1.165) is 0 Å². The quantitative estimate of drug-likeness (QED) is 0.616. The molecular weight excluding hydrogens is 215 g/mol. The van der Waals surface area contributed by atoms with Crippen molar-refractivity contribution in [3.05, 3.63) is 30.1 Å². The second kappa shape index (κ2) is 5.85. The molecule has 0 saturated heterocycles. The standard InChI is InChI=1S/C11H11FO4/c12-8-4-6-9(7-5-8)16-11(15)3-1-2-10(13)14/h4-7H,1-3H2,(H,13,14). The number of carbonyl (C=O) groups excluding carboxylic acids is 1. The number of benzene rings is 1. The lowest BCUT2D eigenvalue weighted by Crippen LogP contribution is -2.08. The summed E-state index contributed by atoms with van der Waals surface area (Å²) in [6, 6.07) is 5.04. The Labute approximate surface area is 91.7 Å². The third-order valence-corrected chi connectivity index (χ3v) is 1.82. The van der Waals surface area contributed by atoms with Crippen LogP contribution < -0.4 is 4.74 Å². The second-order valence-electron chi connectivity index (χ2n) is 3.18. The largest absolute Gasteiger partial charge is 0.481 e. The minimum atomic E-state index is -0.949. The number of carboxylic acids is 1. The summed E-state index contributed by atoms with van der Waals surface area (Å²) in [5.74, 6) is -1.63. The van der Waals surface area contributed by atoms with Crippen LogP contribution >= 0.6 is 0 Å². The Morgan fingerprint density at radius 3 is 2.38 bits per heavy atom. The molecule has 4 nitrogen and oxygen atoms in total. The van der Waals surface area contributed by atoms with E-state index in [1.54, 1.807) is 0 Å². The smallest absolute Gasteiger partial charge is 0.311 e. The third-order valence-electron chi connectivity index (χ3n) is 1.82. The molecule has 0 aromatic heterocycles. The van der Waals surface area contributed by atoms with E-state index in [-0.39, 0.29) is 25.0 Å². The van der Waals surface area contributed by atoms with E-state index >= 15 is 0 Å². The highest BCUT2D eigenvalue weighted by Gasteiger charge is 2.06. The zero-order chi connectivity index (χ0) is 12.0. The van der Waals surface area contributed by atoms with Gasteiger partial charge in [-0.25, -0.2) is 4.39 Å². The number of esters is 1. The van der Waals surface area contributed by atoms with E-state index in [2.05, 4.69) is 0 Å². The molecule has 0 bridgehead atoms. The first-order valence-corrected chi connectivity index (χ1v) is 4.76. The maximum absolute atomic E-state index is 12.5. The number of hydrogen-bond donors (Lipinski definition) is 1. The van der Waals surface area contributed by atoms with Crippen LogP contribution in [0.2, 0.25) is 0 Å². The summed E-state index contributed by atoms with van der Waals surface area (Å²) in [5.41, 5.74) is 0. The van der Waals surface area contributed by atoms with E-state index in [9.17, 15) is 14.0 Å². The lowest BCUT2D eigenvalue weighted by atomic mass is 10.2. The Morgan fingerprint density at radius 2 is 1.81 bits per heavy atom. The molecule has 0 saturated carbocycles. The van der Waals surface area contributed by atoms with Gasteiger partial charge < -0.3 is 9.84 Å². The van der Waals surface area contributed by atoms with Gasteiger partial charge in [-0.2, -0.15) is 0 Å². The molecule has 16 heavy (non-hydrogen) atoms. The van der Waals surface area contributed by atoms with Crippen LogP contribution in [-0.2, 0) is 9.59 Å². The molecule has 0 aliphatic rings. The molecule has 0 aliphatic heterocycles. The fourth-order valence-corrected chi connectivity index (χ4v) is 1.07. The molecule has 5 heteroatoms. The van der Waals surface area contributed by atoms with Gasteiger partial charge in [0.05, 0.1) is 0 Å². The van der Waals surface area contributed by atoms with Gasteiger partial charge in [-0.05, 0) is 30.7 Å². The highest BCUT2D eigenvalue weighted by molar-refractivity contribution is 5.73. The van der Waals surface area contributed by atoms with Crippen LogP contribution in [-0.4, -0.2) is 17.0 Å². The molecule has 0 unspecified atom stereocenters. The monoisotopic (exact) mass is 226 g/mol. The summed E-state index contributed by atoms with van der Waals surface area (Å²) in [6.07, 6.45) is 0.192. The third kappa shape index (κ3) is 4.54. The summed E-state index contributed by atoms with van der Waals surface area (Å²) in [6.45, 7) is 0. The van der Waals surface area contributed by atoms with Crippen molar-refractivity contribution in [2.45, 2.75) is 19.3 Å². The summed E-state index contributed by atoms with van der Waals surface area (Å²) in [7, 11) is 0. The predicted octanol–water partition coefficient (Wildman–Crippen LogP) is 1.99. The van der Waals surface area contributed by atoms with Gasteiger partial charge in [-0.1, -0.05) is 0 Å². The zero-order valence-corrected chi connectivity index (χ0v) is 8.48. The average molecular weight is 226 g/mol. The average Bonchev–Trinajstić information content (AvgIpc) is 2.21. The minimum absolute atomic E-state index is 0.0314. The molecule has 1 aromatic carbocycles. The number of halogens is 1. The molecule has 1 aromatic rings. The van der Waals surface area contributed by atoms with Crippen LogP contribution in [0.3, 0.4) is 0 Å². The van der Waals surface area contributed by atoms with E-state index in [0.29, 0.717) is 0 Å². The SMILES string of the molecule is O=C(O)CCCC(=O)Oc1ccc(F)cc1. The molecule has 0 aliphatic carbocycles. The minimum Gasteiger partial charge on any atom is -0.481 e. The van der Waals surface area contributed by atoms with Gasteiger partial charge in [0.25, 0.3) is 0 Å². The number of aliphatic carboxylic acids is 1. The van der Waals surface area contributed by atoms with Crippen molar-refractivity contribution >= 4 is 11.9 Å². The molecule has 1 N–H and O–H groups in total. The molecule has 0 spiro atoms. The van der Waals surface area contributed by atoms with Crippen LogP contribution in [0.1, 0.15) is 19.3 Å². The van der Waals surface area contributed by atoms with Crippen molar-refractivity contribution in [3.63, 3.8) is 0 Å². The zero-order valence-electron chi connectivity index (χ0n) is 8.48. The lowest BCUT2D eigenvalue weighted by molar-refractivity contribution is -0.137. The van der Waals surface area contributed by atoms with E-state index < -0.39 is 17.8 Å². The highest BCUT2D eigenvalue weighted by Crippen LogP contribution is 2.12. The molecule has 0 amide bonds. The topological polar surface area (TPSA) is 63.6 Å². The highest BCUT2D eigenvalue weighted by atomic mass is 19.1. The summed E-state index contributed by atoms with van der Waals surface area (Å²) in [4.78, 5) is 21.4. The fraction of sp³-hybridized carbons (Fsp3) is 0.273. The molecule has 0 radical (unpaired) electrons. The van der Waals surface area contributed by atoms with E-state index in [1.165, 1.54) is 24.3 Å². The number of ether oxygens (including phenoxy) is 1. The van der Waals surface area contributed by atoms with Crippen molar-refractivity contribution in [3.8, 4) is 5.75 Å². The number of rotatable bonds is 5. The molecule has 0 fully saturated rings. The molecule has 0 heterocycles. The van der Waals surface area contributed by atoms with Crippen LogP contribution in [0, 0.1) is 5.82 Å². The van der Waals surface area contributed by atoms with Crippen LogP contribution in [0.25, 0.3) is 0 Å². The Balaban J connectivity index is 2.34. The van der Waals surface area contributed by atoms with Gasteiger partial charge in [0.1, 0.15) is 11.6 Å². The first-order valence-electron chi connectivity index (χ1n) is 4.76. The lowest BCUT2D eigenvalue weighted by Gasteiger charge is -2.02. The van der Waals surface area contributed by atoms with Gasteiger partial charge in [0.2, 0.25) is 0 Å². The van der Waals surface area contributed by atoms with E-state index in [1.807, 2.05) is 0 Å². The van der Waals surface area contributed by atoms with Crippen LogP contribution in [0.15, 0.2) is 24.3 Å². The first kappa shape index (κ1) is 12.2. The van der Waals surface area contributed by atoms with Crippen molar-refractivity contribution in [2.75, 3.05) is 0 Å².